The highest BCUT2D eigenvalue weighted by molar-refractivity contribution is 7.91. The van der Waals surface area contributed by atoms with Crippen LogP contribution in [0.25, 0.3) is 0 Å². The molecule has 1 aromatic rings. The second kappa shape index (κ2) is 5.46. The van der Waals surface area contributed by atoms with Gasteiger partial charge in [0.05, 0.1) is 11.5 Å². The summed E-state index contributed by atoms with van der Waals surface area (Å²) >= 11 is 5.76. The molecule has 104 valence electrons. The fourth-order valence-corrected chi connectivity index (χ4v) is 4.19. The van der Waals surface area contributed by atoms with E-state index in [4.69, 9.17) is 11.6 Å². The first-order valence-corrected chi connectivity index (χ1v) is 8.26. The van der Waals surface area contributed by atoms with E-state index in [1.807, 2.05) is 6.92 Å². The van der Waals surface area contributed by atoms with Crippen molar-refractivity contribution in [3.8, 4) is 0 Å². The molecule has 1 atom stereocenters. The number of nitrogens with zero attached hydrogens (tertiary/aromatic N) is 2. The zero-order chi connectivity index (χ0) is 14.0. The van der Waals surface area contributed by atoms with Gasteiger partial charge < -0.3 is 4.90 Å². The monoisotopic (exact) mass is 302 g/mol. The van der Waals surface area contributed by atoms with Crippen LogP contribution in [0.5, 0.6) is 0 Å². The van der Waals surface area contributed by atoms with Crippen molar-refractivity contribution in [3.63, 3.8) is 0 Å². The lowest BCUT2D eigenvalue weighted by Crippen LogP contribution is -2.41. The minimum atomic E-state index is -3.01. The first kappa shape index (κ1) is 14.3. The van der Waals surface area contributed by atoms with Gasteiger partial charge in [-0.05, 0) is 25.5 Å². The van der Waals surface area contributed by atoms with Crippen LogP contribution in [0.4, 0.5) is 0 Å². The van der Waals surface area contributed by atoms with E-state index < -0.39 is 9.84 Å². The van der Waals surface area contributed by atoms with E-state index in [0.717, 1.165) is 0 Å². The second-order valence-corrected chi connectivity index (χ2v) is 7.13. The molecule has 2 heterocycles. The molecule has 1 fully saturated rings. The standard InChI is InChI=1S/C12H15ClN2O3S/c1-2-15(10-4-6-19(17,18)8-10)12(16)9-3-5-14-11(13)7-9/h3,5,7,10H,2,4,6,8H2,1H3. The number of carbonyl (C=O) groups excluding carboxylic acids is 1. The molecule has 0 saturated carbocycles. The van der Waals surface area contributed by atoms with Crippen LogP contribution in [0.15, 0.2) is 18.3 Å². The lowest BCUT2D eigenvalue weighted by Gasteiger charge is -2.26. The number of hydrogen-bond acceptors (Lipinski definition) is 4. The van der Waals surface area contributed by atoms with Gasteiger partial charge in [0.1, 0.15) is 5.15 Å². The normalized spacial score (nSPS) is 21.3. The number of sulfone groups is 1. The van der Waals surface area contributed by atoms with Crippen molar-refractivity contribution < 1.29 is 13.2 Å². The van der Waals surface area contributed by atoms with Crippen LogP contribution in [0, 0.1) is 0 Å². The maximum atomic E-state index is 12.4. The first-order chi connectivity index (χ1) is 8.93. The third-order valence-electron chi connectivity index (χ3n) is 3.22. The van der Waals surface area contributed by atoms with E-state index in [-0.39, 0.29) is 28.6 Å². The summed E-state index contributed by atoms with van der Waals surface area (Å²) in [5.41, 5.74) is 0.436. The molecule has 1 unspecified atom stereocenters. The highest BCUT2D eigenvalue weighted by atomic mass is 35.5. The molecule has 0 N–H and O–H groups in total. The zero-order valence-electron chi connectivity index (χ0n) is 10.5. The predicted molar refractivity (Wildman–Crippen MR) is 73.0 cm³/mol. The first-order valence-electron chi connectivity index (χ1n) is 6.06. The van der Waals surface area contributed by atoms with E-state index in [0.29, 0.717) is 18.5 Å². The van der Waals surface area contributed by atoms with E-state index in [1.165, 1.54) is 12.3 Å². The number of rotatable bonds is 3. The summed E-state index contributed by atoms with van der Waals surface area (Å²) in [6, 6.07) is 2.84. The third kappa shape index (κ3) is 3.25. The van der Waals surface area contributed by atoms with Crippen LogP contribution in [0.2, 0.25) is 5.15 Å². The quantitative estimate of drug-likeness (QED) is 0.791. The van der Waals surface area contributed by atoms with Crippen molar-refractivity contribution in [3.05, 3.63) is 29.0 Å². The molecule has 2 rings (SSSR count). The van der Waals surface area contributed by atoms with E-state index >= 15 is 0 Å². The topological polar surface area (TPSA) is 67.3 Å². The summed E-state index contributed by atoms with van der Waals surface area (Å²) in [6.07, 6.45) is 1.97. The van der Waals surface area contributed by atoms with E-state index in [9.17, 15) is 13.2 Å². The fourth-order valence-electron chi connectivity index (χ4n) is 2.29. The van der Waals surface area contributed by atoms with Gasteiger partial charge in [0.15, 0.2) is 9.84 Å². The minimum Gasteiger partial charge on any atom is -0.335 e. The smallest absolute Gasteiger partial charge is 0.254 e. The Kier molecular flexibility index (Phi) is 4.10. The van der Waals surface area contributed by atoms with Gasteiger partial charge in [0.2, 0.25) is 0 Å². The lowest BCUT2D eigenvalue weighted by molar-refractivity contribution is 0.0708. The third-order valence-corrected chi connectivity index (χ3v) is 5.18. The Morgan fingerprint density at radius 2 is 2.32 bits per heavy atom. The number of aromatic nitrogens is 1. The zero-order valence-corrected chi connectivity index (χ0v) is 12.1. The molecule has 1 saturated heterocycles. The second-order valence-electron chi connectivity index (χ2n) is 4.52. The molecule has 0 bridgehead atoms. The average Bonchev–Trinajstić information content (AvgIpc) is 2.70. The summed E-state index contributed by atoms with van der Waals surface area (Å²) in [6.45, 7) is 2.31. The predicted octanol–water partition coefficient (Wildman–Crippen LogP) is 1.38. The SMILES string of the molecule is CCN(C(=O)c1ccnc(Cl)c1)C1CCS(=O)(=O)C1. The number of amides is 1. The van der Waals surface area contributed by atoms with Gasteiger partial charge in [-0.15, -0.1) is 0 Å². The Balaban J connectivity index is 2.21. The van der Waals surface area contributed by atoms with Crippen molar-refractivity contribution in [1.82, 2.24) is 9.88 Å². The van der Waals surface area contributed by atoms with Gasteiger partial charge in [0, 0.05) is 24.3 Å². The van der Waals surface area contributed by atoms with Crippen LogP contribution in [-0.4, -0.2) is 48.3 Å². The van der Waals surface area contributed by atoms with E-state index in [1.54, 1.807) is 11.0 Å². The van der Waals surface area contributed by atoms with E-state index in [2.05, 4.69) is 4.98 Å². The Morgan fingerprint density at radius 3 is 2.84 bits per heavy atom. The molecular weight excluding hydrogens is 288 g/mol. The molecule has 19 heavy (non-hydrogen) atoms. The van der Waals surface area contributed by atoms with Crippen LogP contribution in [-0.2, 0) is 9.84 Å². The summed E-state index contributed by atoms with van der Waals surface area (Å²) in [7, 11) is -3.01. The maximum absolute atomic E-state index is 12.4. The average molecular weight is 303 g/mol. The van der Waals surface area contributed by atoms with Gasteiger partial charge in [0.25, 0.3) is 5.91 Å². The molecule has 0 spiro atoms. The van der Waals surface area contributed by atoms with Crippen LogP contribution < -0.4 is 0 Å². The Bertz CT molecular complexity index is 588. The molecule has 1 amide bonds. The fraction of sp³-hybridized carbons (Fsp3) is 0.500. The molecule has 0 aromatic carbocycles. The number of pyridine rings is 1. The minimum absolute atomic E-state index is 0.0470. The molecule has 1 aliphatic heterocycles. The van der Waals surface area contributed by atoms with Gasteiger partial charge in [-0.3, -0.25) is 4.79 Å². The summed E-state index contributed by atoms with van der Waals surface area (Å²) in [4.78, 5) is 17.8. The summed E-state index contributed by atoms with van der Waals surface area (Å²) in [5.74, 6) is -0.00174. The van der Waals surface area contributed by atoms with Gasteiger partial charge in [-0.25, -0.2) is 13.4 Å². The Labute approximate surface area is 117 Å². The van der Waals surface area contributed by atoms with Gasteiger partial charge in [-0.2, -0.15) is 0 Å². The molecular formula is C12H15ClN2O3S. The Morgan fingerprint density at radius 1 is 1.58 bits per heavy atom. The number of carbonyl (C=O) groups is 1. The summed E-state index contributed by atoms with van der Waals surface area (Å²) in [5, 5.41) is 0.251. The molecule has 1 aliphatic rings. The van der Waals surface area contributed by atoms with Crippen molar-refractivity contribution in [2.45, 2.75) is 19.4 Å². The van der Waals surface area contributed by atoms with Crippen molar-refractivity contribution >= 4 is 27.3 Å². The van der Waals surface area contributed by atoms with Crippen LogP contribution in [0.3, 0.4) is 0 Å². The van der Waals surface area contributed by atoms with Crippen molar-refractivity contribution in [2.24, 2.45) is 0 Å². The van der Waals surface area contributed by atoms with Crippen molar-refractivity contribution in [1.29, 1.82) is 0 Å². The largest absolute Gasteiger partial charge is 0.335 e. The van der Waals surface area contributed by atoms with Gasteiger partial charge >= 0.3 is 0 Å². The number of halogens is 1. The molecule has 0 radical (unpaired) electrons. The molecule has 5 nitrogen and oxygen atoms in total. The molecule has 0 aliphatic carbocycles. The molecule has 7 heteroatoms. The summed E-state index contributed by atoms with van der Waals surface area (Å²) < 4.78 is 23.0. The highest BCUT2D eigenvalue weighted by Crippen LogP contribution is 2.20. The number of hydrogen-bond donors (Lipinski definition) is 0. The Hall–Kier alpha value is -1.14. The van der Waals surface area contributed by atoms with Crippen LogP contribution in [0.1, 0.15) is 23.7 Å². The maximum Gasteiger partial charge on any atom is 0.254 e. The van der Waals surface area contributed by atoms with Crippen LogP contribution >= 0.6 is 11.6 Å². The molecule has 1 aromatic heterocycles. The lowest BCUT2D eigenvalue weighted by atomic mass is 10.1. The van der Waals surface area contributed by atoms with Crippen molar-refractivity contribution in [2.75, 3.05) is 18.1 Å². The van der Waals surface area contributed by atoms with Gasteiger partial charge in [-0.1, -0.05) is 11.6 Å². The highest BCUT2D eigenvalue weighted by Gasteiger charge is 2.34.